The maximum absolute atomic E-state index is 12.5. The summed E-state index contributed by atoms with van der Waals surface area (Å²) in [5.41, 5.74) is -0.404. The van der Waals surface area contributed by atoms with Gasteiger partial charge in [-0.1, -0.05) is 0 Å². The molecule has 0 atom stereocenters. The first-order chi connectivity index (χ1) is 11.9. The molecule has 0 spiro atoms. The van der Waals surface area contributed by atoms with Crippen LogP contribution in [0.15, 0.2) is 24.3 Å². The molecule has 8 heteroatoms. The van der Waals surface area contributed by atoms with Crippen molar-refractivity contribution in [2.75, 3.05) is 45.2 Å². The van der Waals surface area contributed by atoms with Crippen molar-refractivity contribution in [2.45, 2.75) is 19.0 Å². The third-order valence-electron chi connectivity index (χ3n) is 4.34. The molecule has 2 amide bonds. The van der Waals surface area contributed by atoms with Gasteiger partial charge in [0.05, 0.1) is 12.2 Å². The summed E-state index contributed by atoms with van der Waals surface area (Å²) in [6.07, 6.45) is -2.37. The number of carbonyl (C=O) groups is 1. The minimum atomic E-state index is -4.38. The lowest BCUT2D eigenvalue weighted by Crippen LogP contribution is -2.40. The first kappa shape index (κ1) is 19.5. The summed E-state index contributed by atoms with van der Waals surface area (Å²) >= 11 is 0. The van der Waals surface area contributed by atoms with Gasteiger partial charge in [-0.2, -0.15) is 13.2 Å². The summed E-state index contributed by atoms with van der Waals surface area (Å²) in [7, 11) is 1.69. The second-order valence-electron chi connectivity index (χ2n) is 6.19. The highest BCUT2D eigenvalue weighted by Crippen LogP contribution is 2.29. The molecule has 1 saturated heterocycles. The molecule has 0 aromatic heterocycles. The van der Waals surface area contributed by atoms with E-state index >= 15 is 0 Å². The summed E-state index contributed by atoms with van der Waals surface area (Å²) in [5.74, 6) is 0.414. The van der Waals surface area contributed by atoms with Crippen LogP contribution in [0, 0.1) is 5.92 Å². The summed E-state index contributed by atoms with van der Waals surface area (Å²) in [6.45, 7) is 4.17. The molecular weight excluding hydrogens is 335 g/mol. The zero-order valence-corrected chi connectivity index (χ0v) is 14.2. The van der Waals surface area contributed by atoms with Crippen LogP contribution in [0.5, 0.6) is 0 Å². The number of rotatable bonds is 6. The van der Waals surface area contributed by atoms with Crippen molar-refractivity contribution < 1.29 is 22.7 Å². The van der Waals surface area contributed by atoms with Crippen LogP contribution in [-0.4, -0.2) is 50.8 Å². The zero-order valence-electron chi connectivity index (χ0n) is 14.2. The summed E-state index contributed by atoms with van der Waals surface area (Å²) < 4.78 is 42.5. The number of carbonyl (C=O) groups excluding carboxylic acids is 1. The number of methoxy groups -OCH3 is 1. The summed E-state index contributed by atoms with van der Waals surface area (Å²) in [6, 6.07) is 3.99. The summed E-state index contributed by atoms with van der Waals surface area (Å²) in [5, 5.41) is 5.34. The number of hydrogen-bond acceptors (Lipinski definition) is 3. The Morgan fingerprint density at radius 1 is 1.24 bits per heavy atom. The van der Waals surface area contributed by atoms with Crippen LogP contribution in [0.4, 0.5) is 23.7 Å². The number of benzene rings is 1. The molecule has 140 valence electrons. The van der Waals surface area contributed by atoms with Crippen molar-refractivity contribution in [1.29, 1.82) is 0 Å². The van der Waals surface area contributed by atoms with E-state index in [0.29, 0.717) is 18.2 Å². The van der Waals surface area contributed by atoms with Gasteiger partial charge < -0.3 is 20.3 Å². The van der Waals surface area contributed by atoms with Gasteiger partial charge in [0.2, 0.25) is 0 Å². The van der Waals surface area contributed by atoms with E-state index in [0.717, 1.165) is 51.2 Å². The molecule has 5 nitrogen and oxygen atoms in total. The maximum atomic E-state index is 12.5. The number of alkyl halides is 3. The van der Waals surface area contributed by atoms with Gasteiger partial charge in [-0.25, -0.2) is 4.79 Å². The Kier molecular flexibility index (Phi) is 7.07. The van der Waals surface area contributed by atoms with Crippen molar-refractivity contribution in [2.24, 2.45) is 5.92 Å². The number of likely N-dealkylation sites (tertiary alicyclic amines) is 1. The Bertz CT molecular complexity index is 541. The number of anilines is 1. The molecule has 0 bridgehead atoms. The van der Waals surface area contributed by atoms with Gasteiger partial charge in [0.25, 0.3) is 0 Å². The van der Waals surface area contributed by atoms with Crippen LogP contribution in [-0.2, 0) is 10.9 Å². The van der Waals surface area contributed by atoms with Crippen molar-refractivity contribution in [3.05, 3.63) is 29.8 Å². The van der Waals surface area contributed by atoms with E-state index in [9.17, 15) is 18.0 Å². The molecule has 0 aliphatic carbocycles. The molecule has 1 aliphatic rings. The molecule has 0 radical (unpaired) electrons. The topological polar surface area (TPSA) is 53.6 Å². The number of urea groups is 1. The van der Waals surface area contributed by atoms with Crippen molar-refractivity contribution in [3.63, 3.8) is 0 Å². The molecule has 1 aliphatic heterocycles. The van der Waals surface area contributed by atoms with E-state index in [4.69, 9.17) is 4.74 Å². The van der Waals surface area contributed by atoms with Gasteiger partial charge in [0.15, 0.2) is 0 Å². The van der Waals surface area contributed by atoms with Crippen molar-refractivity contribution in [1.82, 2.24) is 10.2 Å². The lowest BCUT2D eigenvalue weighted by Gasteiger charge is -2.31. The minimum absolute atomic E-state index is 0.333. The molecule has 2 rings (SSSR count). The number of ether oxygens (including phenoxy) is 1. The van der Waals surface area contributed by atoms with E-state index in [-0.39, 0.29) is 0 Å². The monoisotopic (exact) mass is 359 g/mol. The Hall–Kier alpha value is -1.80. The maximum Gasteiger partial charge on any atom is 0.416 e. The number of nitrogens with one attached hydrogen (secondary N) is 2. The molecular formula is C17H24F3N3O2. The lowest BCUT2D eigenvalue weighted by atomic mass is 9.97. The van der Waals surface area contributed by atoms with Crippen molar-refractivity contribution >= 4 is 11.7 Å². The highest BCUT2D eigenvalue weighted by Gasteiger charge is 2.30. The summed E-state index contributed by atoms with van der Waals surface area (Å²) in [4.78, 5) is 14.2. The third-order valence-corrected chi connectivity index (χ3v) is 4.34. The minimum Gasteiger partial charge on any atom is -0.383 e. The standard InChI is InChI=1S/C17H24F3N3O2/c1-25-11-10-23-8-6-13(7-9-23)12-21-16(24)22-15-4-2-14(3-5-15)17(18,19)20/h2-5,13H,6-12H2,1H3,(H2,21,22,24). The van der Waals surface area contributed by atoms with Crippen LogP contribution in [0.1, 0.15) is 18.4 Å². The van der Waals surface area contributed by atoms with Crippen molar-refractivity contribution in [3.8, 4) is 0 Å². The van der Waals surface area contributed by atoms with Crippen LogP contribution >= 0.6 is 0 Å². The fraction of sp³-hybridized carbons (Fsp3) is 0.588. The average Bonchev–Trinajstić information content (AvgIpc) is 2.59. The molecule has 1 fully saturated rings. The highest BCUT2D eigenvalue weighted by atomic mass is 19.4. The zero-order chi connectivity index (χ0) is 18.3. The molecule has 0 saturated carbocycles. The van der Waals surface area contributed by atoms with E-state index in [2.05, 4.69) is 15.5 Å². The predicted molar refractivity (Wildman–Crippen MR) is 89.5 cm³/mol. The largest absolute Gasteiger partial charge is 0.416 e. The van der Waals surface area contributed by atoms with Crippen LogP contribution in [0.2, 0.25) is 0 Å². The van der Waals surface area contributed by atoms with Crippen LogP contribution < -0.4 is 10.6 Å². The smallest absolute Gasteiger partial charge is 0.383 e. The highest BCUT2D eigenvalue weighted by molar-refractivity contribution is 5.89. The Labute approximate surface area is 145 Å². The normalized spacial score (nSPS) is 16.6. The Balaban J connectivity index is 1.69. The predicted octanol–water partition coefficient (Wildman–Crippen LogP) is 3.19. The van der Waals surface area contributed by atoms with E-state index in [1.54, 1.807) is 7.11 Å². The molecule has 0 unspecified atom stereocenters. The Morgan fingerprint density at radius 2 is 1.88 bits per heavy atom. The van der Waals surface area contributed by atoms with Gasteiger partial charge >= 0.3 is 12.2 Å². The first-order valence-electron chi connectivity index (χ1n) is 8.32. The van der Waals surface area contributed by atoms with Gasteiger partial charge in [0, 0.05) is 25.9 Å². The quantitative estimate of drug-likeness (QED) is 0.820. The molecule has 25 heavy (non-hydrogen) atoms. The lowest BCUT2D eigenvalue weighted by molar-refractivity contribution is -0.137. The second kappa shape index (κ2) is 9.05. The number of halogens is 3. The molecule has 2 N–H and O–H groups in total. The fourth-order valence-corrected chi connectivity index (χ4v) is 2.79. The number of amides is 2. The molecule has 1 heterocycles. The van der Waals surface area contributed by atoms with Gasteiger partial charge in [-0.15, -0.1) is 0 Å². The first-order valence-corrected chi connectivity index (χ1v) is 8.32. The van der Waals surface area contributed by atoms with Gasteiger partial charge in [-0.05, 0) is 56.1 Å². The second-order valence-corrected chi connectivity index (χ2v) is 6.19. The van der Waals surface area contributed by atoms with Gasteiger partial charge in [-0.3, -0.25) is 0 Å². The Morgan fingerprint density at radius 3 is 2.44 bits per heavy atom. The van der Waals surface area contributed by atoms with Crippen LogP contribution in [0.25, 0.3) is 0 Å². The van der Waals surface area contributed by atoms with E-state index in [1.807, 2.05) is 0 Å². The number of nitrogens with zero attached hydrogens (tertiary/aromatic N) is 1. The average molecular weight is 359 g/mol. The third kappa shape index (κ3) is 6.55. The van der Waals surface area contributed by atoms with E-state index in [1.165, 1.54) is 12.1 Å². The van der Waals surface area contributed by atoms with Crippen LogP contribution in [0.3, 0.4) is 0 Å². The van der Waals surface area contributed by atoms with E-state index < -0.39 is 17.8 Å². The molecule has 1 aromatic rings. The number of hydrogen-bond donors (Lipinski definition) is 2. The molecule has 1 aromatic carbocycles. The fourth-order valence-electron chi connectivity index (χ4n) is 2.79. The van der Waals surface area contributed by atoms with Gasteiger partial charge in [0.1, 0.15) is 0 Å². The number of piperidine rings is 1. The SMILES string of the molecule is COCCN1CCC(CNC(=O)Nc2ccc(C(F)(F)F)cc2)CC1.